The molecule has 0 atom stereocenters. The van der Waals surface area contributed by atoms with Crippen LogP contribution >= 0.6 is 11.8 Å². The fraction of sp³-hybridized carbons (Fsp3) is 0. The van der Waals surface area contributed by atoms with Crippen molar-refractivity contribution in [3.8, 4) is 11.5 Å². The number of benzene rings is 2. The van der Waals surface area contributed by atoms with E-state index in [-0.39, 0.29) is 11.5 Å². The monoisotopic (exact) mass is 320 g/mol. The van der Waals surface area contributed by atoms with Crippen LogP contribution in [0, 0.1) is 0 Å². The third-order valence-electron chi connectivity index (χ3n) is 3.56. The average molecular weight is 320 g/mol. The Balaban J connectivity index is 1.75. The maximum atomic E-state index is 9.92. The number of phenols is 2. The molecule has 0 fully saturated rings. The Morgan fingerprint density at radius 3 is 1.57 bits per heavy atom. The highest BCUT2D eigenvalue weighted by Crippen LogP contribution is 2.31. The molecular formula is C18H12N2O2S. The second-order valence-corrected chi connectivity index (χ2v) is 6.14. The van der Waals surface area contributed by atoms with Crippen LogP contribution in [0.15, 0.2) is 70.7 Å². The molecule has 0 saturated heterocycles. The number of phenolic OH excluding ortho intramolecular Hbond substituents is 2. The van der Waals surface area contributed by atoms with E-state index in [9.17, 15) is 10.2 Å². The molecule has 2 heterocycles. The predicted molar refractivity (Wildman–Crippen MR) is 90.9 cm³/mol. The second-order valence-electron chi connectivity index (χ2n) is 5.10. The Labute approximate surface area is 136 Å². The number of aromatic nitrogens is 2. The molecule has 0 bridgehead atoms. The molecule has 4 rings (SSSR count). The van der Waals surface area contributed by atoms with E-state index in [0.29, 0.717) is 11.0 Å². The van der Waals surface area contributed by atoms with E-state index in [1.165, 1.54) is 11.8 Å². The summed E-state index contributed by atoms with van der Waals surface area (Å²) in [7, 11) is 0. The van der Waals surface area contributed by atoms with Gasteiger partial charge in [0, 0.05) is 10.8 Å². The van der Waals surface area contributed by atoms with Gasteiger partial charge in [-0.1, -0.05) is 36.0 Å². The lowest BCUT2D eigenvalue weighted by molar-refractivity contribution is 0.479. The number of fused-ring (bicyclic) bond motifs is 2. The highest BCUT2D eigenvalue weighted by atomic mass is 32.2. The topological polar surface area (TPSA) is 66.2 Å². The van der Waals surface area contributed by atoms with Crippen LogP contribution in [0.3, 0.4) is 0 Å². The molecule has 2 aromatic heterocycles. The van der Waals surface area contributed by atoms with Crippen molar-refractivity contribution in [3.05, 3.63) is 60.7 Å². The molecule has 0 radical (unpaired) electrons. The van der Waals surface area contributed by atoms with E-state index in [1.807, 2.05) is 36.4 Å². The van der Waals surface area contributed by atoms with E-state index in [4.69, 9.17) is 0 Å². The third-order valence-corrected chi connectivity index (χ3v) is 4.43. The Kier molecular flexibility index (Phi) is 3.28. The maximum absolute atomic E-state index is 9.92. The van der Waals surface area contributed by atoms with E-state index in [0.717, 1.165) is 20.8 Å². The Morgan fingerprint density at radius 2 is 1.09 bits per heavy atom. The molecule has 0 unspecified atom stereocenters. The van der Waals surface area contributed by atoms with Crippen molar-refractivity contribution in [2.75, 3.05) is 0 Å². The Morgan fingerprint density at radius 1 is 0.609 bits per heavy atom. The minimum atomic E-state index is 0.161. The number of para-hydroxylation sites is 2. The quantitative estimate of drug-likeness (QED) is 0.575. The number of nitrogens with zero attached hydrogens (tertiary/aromatic N) is 2. The first-order chi connectivity index (χ1) is 11.2. The molecule has 0 amide bonds. The van der Waals surface area contributed by atoms with Gasteiger partial charge in [-0.3, -0.25) is 0 Å². The first kappa shape index (κ1) is 13.8. The highest BCUT2D eigenvalue weighted by molar-refractivity contribution is 7.99. The second kappa shape index (κ2) is 5.44. The number of rotatable bonds is 2. The van der Waals surface area contributed by atoms with Gasteiger partial charge < -0.3 is 10.2 Å². The molecule has 0 saturated carbocycles. The van der Waals surface area contributed by atoms with Gasteiger partial charge in [0.25, 0.3) is 0 Å². The molecule has 0 aliphatic carbocycles. The van der Waals surface area contributed by atoms with Crippen molar-refractivity contribution in [2.45, 2.75) is 10.1 Å². The molecule has 0 aliphatic heterocycles. The van der Waals surface area contributed by atoms with Crippen LogP contribution in [0.2, 0.25) is 0 Å². The van der Waals surface area contributed by atoms with Gasteiger partial charge in [-0.15, -0.1) is 0 Å². The lowest BCUT2D eigenvalue weighted by atomic mass is 10.2. The summed E-state index contributed by atoms with van der Waals surface area (Å²) in [6.45, 7) is 0. The minimum absolute atomic E-state index is 0.161. The molecule has 0 spiro atoms. The van der Waals surface area contributed by atoms with E-state index in [2.05, 4.69) is 9.97 Å². The normalized spacial score (nSPS) is 11.1. The molecule has 4 nitrogen and oxygen atoms in total. The van der Waals surface area contributed by atoms with Crippen LogP contribution < -0.4 is 0 Å². The summed E-state index contributed by atoms with van der Waals surface area (Å²) < 4.78 is 0. The summed E-state index contributed by atoms with van der Waals surface area (Å²) in [5.74, 6) is 0.322. The van der Waals surface area contributed by atoms with Crippen molar-refractivity contribution in [1.82, 2.24) is 9.97 Å². The Bertz CT molecular complexity index is 951. The summed E-state index contributed by atoms with van der Waals surface area (Å²) in [5, 5.41) is 23.1. The SMILES string of the molecule is Oc1cccc2ccc(Sc3ccc4cccc(O)c4n3)nc12. The van der Waals surface area contributed by atoms with Gasteiger partial charge in [-0.05, 0) is 36.4 Å². The average Bonchev–Trinajstić information content (AvgIpc) is 2.56. The van der Waals surface area contributed by atoms with Crippen molar-refractivity contribution in [3.63, 3.8) is 0 Å². The van der Waals surface area contributed by atoms with Gasteiger partial charge >= 0.3 is 0 Å². The largest absolute Gasteiger partial charge is 0.506 e. The Hall–Kier alpha value is -2.79. The highest BCUT2D eigenvalue weighted by Gasteiger charge is 2.07. The van der Waals surface area contributed by atoms with Crippen molar-refractivity contribution < 1.29 is 10.2 Å². The van der Waals surface area contributed by atoms with Gasteiger partial charge in [-0.2, -0.15) is 0 Å². The van der Waals surface area contributed by atoms with Crippen LogP contribution in [0.5, 0.6) is 11.5 Å². The van der Waals surface area contributed by atoms with Gasteiger partial charge in [0.15, 0.2) is 0 Å². The lowest BCUT2D eigenvalue weighted by Crippen LogP contribution is -1.86. The van der Waals surface area contributed by atoms with E-state index in [1.54, 1.807) is 24.3 Å². The van der Waals surface area contributed by atoms with Crippen molar-refractivity contribution >= 4 is 33.6 Å². The number of hydrogen-bond acceptors (Lipinski definition) is 5. The van der Waals surface area contributed by atoms with Gasteiger partial charge in [-0.25, -0.2) is 9.97 Å². The van der Waals surface area contributed by atoms with E-state index < -0.39 is 0 Å². The molecule has 23 heavy (non-hydrogen) atoms. The fourth-order valence-electron chi connectivity index (χ4n) is 2.45. The maximum Gasteiger partial charge on any atom is 0.141 e. The number of aromatic hydroxyl groups is 2. The number of pyridine rings is 2. The zero-order valence-corrected chi connectivity index (χ0v) is 12.8. The molecule has 2 N–H and O–H groups in total. The first-order valence-corrected chi connectivity index (χ1v) is 7.88. The fourth-order valence-corrected chi connectivity index (χ4v) is 3.21. The summed E-state index contributed by atoms with van der Waals surface area (Å²) >= 11 is 1.39. The third kappa shape index (κ3) is 2.55. The van der Waals surface area contributed by atoms with Crippen LogP contribution in [-0.2, 0) is 0 Å². The first-order valence-electron chi connectivity index (χ1n) is 7.06. The van der Waals surface area contributed by atoms with Crippen molar-refractivity contribution in [1.29, 1.82) is 0 Å². The smallest absolute Gasteiger partial charge is 0.141 e. The van der Waals surface area contributed by atoms with Crippen LogP contribution in [-0.4, -0.2) is 20.2 Å². The summed E-state index contributed by atoms with van der Waals surface area (Å²) in [5.41, 5.74) is 1.14. The summed E-state index contributed by atoms with van der Waals surface area (Å²) in [6.07, 6.45) is 0. The van der Waals surface area contributed by atoms with Gasteiger partial charge in [0.2, 0.25) is 0 Å². The van der Waals surface area contributed by atoms with E-state index >= 15 is 0 Å². The zero-order chi connectivity index (χ0) is 15.8. The summed E-state index contributed by atoms with van der Waals surface area (Å²) in [4.78, 5) is 8.97. The minimum Gasteiger partial charge on any atom is -0.506 e. The lowest BCUT2D eigenvalue weighted by Gasteiger charge is -2.05. The summed E-state index contributed by atoms with van der Waals surface area (Å²) in [6, 6.07) is 18.3. The molecule has 5 heteroatoms. The standard InChI is InChI=1S/C18H12N2O2S/c21-13-5-1-3-11-7-9-15(19-17(11)13)23-16-10-8-12-4-2-6-14(22)18(12)20-16/h1-10,21-22H. The molecule has 2 aromatic carbocycles. The predicted octanol–water partition coefficient (Wildman–Crippen LogP) is 4.35. The van der Waals surface area contributed by atoms with Crippen LogP contribution in [0.1, 0.15) is 0 Å². The molecule has 0 aliphatic rings. The van der Waals surface area contributed by atoms with Crippen LogP contribution in [0.4, 0.5) is 0 Å². The van der Waals surface area contributed by atoms with Gasteiger partial charge in [0.05, 0.1) is 0 Å². The van der Waals surface area contributed by atoms with Gasteiger partial charge in [0.1, 0.15) is 32.6 Å². The number of hydrogen-bond donors (Lipinski definition) is 2. The zero-order valence-electron chi connectivity index (χ0n) is 12.0. The molecule has 112 valence electrons. The molecule has 4 aromatic rings. The van der Waals surface area contributed by atoms with Crippen molar-refractivity contribution in [2.24, 2.45) is 0 Å². The molecular weight excluding hydrogens is 308 g/mol. The van der Waals surface area contributed by atoms with Crippen LogP contribution in [0.25, 0.3) is 21.8 Å².